The molecule has 0 spiro atoms. The summed E-state index contributed by atoms with van der Waals surface area (Å²) in [6.45, 7) is 3.59. The van der Waals surface area contributed by atoms with Gasteiger partial charge in [-0.05, 0) is 71.6 Å². The molecule has 1 N–H and O–H groups in total. The van der Waals surface area contributed by atoms with Gasteiger partial charge in [0.25, 0.3) is 10.0 Å². The van der Waals surface area contributed by atoms with Crippen LogP contribution in [-0.2, 0) is 32.6 Å². The average Bonchev–Trinajstić information content (AvgIpc) is 3.05. The lowest BCUT2D eigenvalue weighted by Crippen LogP contribution is -2.53. The first-order valence-corrected chi connectivity index (χ1v) is 17.4. The minimum atomic E-state index is -4.31. The largest absolute Gasteiger partial charge is 0.497 e. The molecule has 0 aliphatic carbocycles. The maximum atomic E-state index is 14.6. The van der Waals surface area contributed by atoms with Gasteiger partial charge in [-0.2, -0.15) is 0 Å². The van der Waals surface area contributed by atoms with E-state index >= 15 is 0 Å². The fourth-order valence-electron chi connectivity index (χ4n) is 4.84. The molecule has 0 aromatic heterocycles. The van der Waals surface area contributed by atoms with Crippen LogP contribution in [0.25, 0.3) is 0 Å². The Morgan fingerprint density at radius 1 is 0.851 bits per heavy atom. The van der Waals surface area contributed by atoms with Crippen LogP contribution in [0.4, 0.5) is 5.69 Å². The molecule has 0 heterocycles. The molecule has 0 saturated heterocycles. The Kier molecular flexibility index (Phi) is 12.6. The van der Waals surface area contributed by atoms with Crippen LogP contribution in [0, 0.1) is 5.92 Å². The van der Waals surface area contributed by atoms with Crippen molar-refractivity contribution in [1.29, 1.82) is 0 Å². The number of benzene rings is 4. The van der Waals surface area contributed by atoms with Gasteiger partial charge in [-0.1, -0.05) is 91.1 Å². The molecular formula is C35H36Cl3N3O5S. The Hall–Kier alpha value is -3.76. The summed E-state index contributed by atoms with van der Waals surface area (Å²) in [4.78, 5) is 29.8. The molecule has 12 heteroatoms. The van der Waals surface area contributed by atoms with Crippen LogP contribution in [0.1, 0.15) is 25.0 Å². The maximum Gasteiger partial charge on any atom is 0.264 e. The van der Waals surface area contributed by atoms with Crippen molar-refractivity contribution >= 4 is 62.3 Å². The van der Waals surface area contributed by atoms with Crippen molar-refractivity contribution in [3.63, 3.8) is 0 Å². The zero-order valence-corrected chi connectivity index (χ0v) is 29.3. The van der Waals surface area contributed by atoms with Crippen LogP contribution in [0.15, 0.2) is 102 Å². The van der Waals surface area contributed by atoms with Gasteiger partial charge in [0.05, 0.1) is 17.7 Å². The Morgan fingerprint density at radius 2 is 1.53 bits per heavy atom. The minimum Gasteiger partial charge on any atom is -0.497 e. The highest BCUT2D eigenvalue weighted by Gasteiger charge is 2.35. The predicted octanol–water partition coefficient (Wildman–Crippen LogP) is 7.26. The second-order valence-corrected chi connectivity index (χ2v) is 14.4. The van der Waals surface area contributed by atoms with E-state index in [2.05, 4.69) is 5.32 Å². The molecule has 2 amide bonds. The molecule has 8 nitrogen and oxygen atoms in total. The first-order chi connectivity index (χ1) is 22.4. The van der Waals surface area contributed by atoms with Gasteiger partial charge in [0.2, 0.25) is 11.8 Å². The molecule has 1 atom stereocenters. The van der Waals surface area contributed by atoms with Gasteiger partial charge in [0.1, 0.15) is 18.3 Å². The summed E-state index contributed by atoms with van der Waals surface area (Å²) in [7, 11) is -2.83. The molecule has 0 aliphatic rings. The zero-order valence-electron chi connectivity index (χ0n) is 26.2. The van der Waals surface area contributed by atoms with Gasteiger partial charge in [-0.3, -0.25) is 13.9 Å². The molecule has 248 valence electrons. The van der Waals surface area contributed by atoms with E-state index in [-0.39, 0.29) is 40.4 Å². The molecule has 4 aromatic carbocycles. The normalized spacial score (nSPS) is 12.0. The lowest BCUT2D eigenvalue weighted by Gasteiger charge is -2.34. The smallest absolute Gasteiger partial charge is 0.264 e. The fraction of sp³-hybridized carbons (Fsp3) is 0.257. The van der Waals surface area contributed by atoms with Crippen molar-refractivity contribution in [2.45, 2.75) is 37.8 Å². The van der Waals surface area contributed by atoms with Crippen LogP contribution in [0.5, 0.6) is 5.75 Å². The van der Waals surface area contributed by atoms with E-state index in [9.17, 15) is 18.0 Å². The van der Waals surface area contributed by atoms with Crippen LogP contribution in [0.3, 0.4) is 0 Å². The number of anilines is 1. The predicted molar refractivity (Wildman–Crippen MR) is 188 cm³/mol. The topological polar surface area (TPSA) is 96.0 Å². The second kappa shape index (κ2) is 16.4. The number of carbonyl (C=O) groups is 2. The number of carbonyl (C=O) groups excluding carboxylic acids is 2. The quantitative estimate of drug-likeness (QED) is 0.148. The summed E-state index contributed by atoms with van der Waals surface area (Å²) in [6.07, 6.45) is 0.171. The van der Waals surface area contributed by atoms with E-state index in [4.69, 9.17) is 39.5 Å². The Bertz CT molecular complexity index is 1790. The van der Waals surface area contributed by atoms with E-state index in [1.54, 1.807) is 36.4 Å². The summed E-state index contributed by atoms with van der Waals surface area (Å²) < 4.78 is 34.6. The third-order valence-corrected chi connectivity index (χ3v) is 9.94. The SMILES string of the molecule is COc1ccc(S(=O)(=O)N(CC(=O)N(Cc2ccc(Cl)cc2Cl)[C@@H](Cc2ccccc2)C(=O)NCC(C)C)c2cccc(Cl)c2)cc1. The van der Waals surface area contributed by atoms with Crippen molar-refractivity contribution in [2.24, 2.45) is 5.92 Å². The molecule has 0 saturated carbocycles. The van der Waals surface area contributed by atoms with Gasteiger partial charge < -0.3 is 15.0 Å². The van der Waals surface area contributed by atoms with Crippen LogP contribution < -0.4 is 14.4 Å². The molecule has 4 aromatic rings. The summed E-state index contributed by atoms with van der Waals surface area (Å²) in [5, 5.41) is 3.95. The number of ether oxygens (including phenoxy) is 1. The number of halogens is 3. The van der Waals surface area contributed by atoms with E-state index in [1.165, 1.54) is 42.3 Å². The third-order valence-electron chi connectivity index (χ3n) is 7.33. The Balaban J connectivity index is 1.82. The van der Waals surface area contributed by atoms with Crippen LogP contribution in [-0.4, -0.2) is 51.4 Å². The zero-order chi connectivity index (χ0) is 34.1. The molecular weight excluding hydrogens is 681 g/mol. The van der Waals surface area contributed by atoms with E-state index < -0.39 is 28.5 Å². The van der Waals surface area contributed by atoms with Gasteiger partial charge in [0, 0.05) is 34.6 Å². The van der Waals surface area contributed by atoms with Gasteiger partial charge >= 0.3 is 0 Å². The first kappa shape index (κ1) is 36.1. The van der Waals surface area contributed by atoms with E-state index in [0.29, 0.717) is 27.9 Å². The number of sulfonamides is 1. The number of nitrogens with one attached hydrogen (secondary N) is 1. The summed E-state index contributed by atoms with van der Waals surface area (Å²) >= 11 is 19.0. The highest BCUT2D eigenvalue weighted by atomic mass is 35.5. The molecule has 0 aliphatic heterocycles. The average molecular weight is 717 g/mol. The number of hydrogen-bond acceptors (Lipinski definition) is 5. The third kappa shape index (κ3) is 9.64. The van der Waals surface area contributed by atoms with Crippen molar-refractivity contribution in [2.75, 3.05) is 24.5 Å². The molecule has 4 rings (SSSR count). The Morgan fingerprint density at radius 3 is 2.15 bits per heavy atom. The molecule has 0 fully saturated rings. The summed E-state index contributed by atoms with van der Waals surface area (Å²) in [6, 6.07) is 25.2. The Labute approximate surface area is 291 Å². The summed E-state index contributed by atoms with van der Waals surface area (Å²) in [5.74, 6) is -0.391. The number of hydrogen-bond donors (Lipinski definition) is 1. The van der Waals surface area contributed by atoms with Crippen molar-refractivity contribution in [3.05, 3.63) is 123 Å². The highest BCUT2D eigenvalue weighted by Crippen LogP contribution is 2.29. The summed E-state index contributed by atoms with van der Waals surface area (Å²) in [5.41, 5.74) is 1.52. The first-order valence-electron chi connectivity index (χ1n) is 14.9. The van der Waals surface area contributed by atoms with Crippen LogP contribution in [0.2, 0.25) is 15.1 Å². The van der Waals surface area contributed by atoms with Crippen molar-refractivity contribution in [3.8, 4) is 5.75 Å². The van der Waals surface area contributed by atoms with Crippen molar-refractivity contribution < 1.29 is 22.7 Å². The number of nitrogens with zero attached hydrogens (tertiary/aromatic N) is 2. The second-order valence-electron chi connectivity index (χ2n) is 11.3. The van der Waals surface area contributed by atoms with E-state index in [0.717, 1.165) is 9.87 Å². The van der Waals surface area contributed by atoms with Gasteiger partial charge in [-0.15, -0.1) is 0 Å². The molecule has 0 unspecified atom stereocenters. The van der Waals surface area contributed by atoms with Crippen molar-refractivity contribution in [1.82, 2.24) is 10.2 Å². The maximum absolute atomic E-state index is 14.6. The number of methoxy groups -OCH3 is 1. The molecule has 0 bridgehead atoms. The number of rotatable bonds is 14. The monoisotopic (exact) mass is 715 g/mol. The van der Waals surface area contributed by atoms with E-state index in [1.807, 2.05) is 44.2 Å². The lowest BCUT2D eigenvalue weighted by atomic mass is 10.0. The fourth-order valence-corrected chi connectivity index (χ4v) is 6.90. The molecule has 0 radical (unpaired) electrons. The lowest BCUT2D eigenvalue weighted by molar-refractivity contribution is -0.140. The number of amides is 2. The van der Waals surface area contributed by atoms with Gasteiger partial charge in [-0.25, -0.2) is 8.42 Å². The molecule has 47 heavy (non-hydrogen) atoms. The van der Waals surface area contributed by atoms with Crippen LogP contribution >= 0.6 is 34.8 Å². The highest BCUT2D eigenvalue weighted by molar-refractivity contribution is 7.92. The standard InChI is InChI=1S/C35H36Cl3N3O5S/c1-24(2)21-39-35(43)33(18-25-8-5-4-6-9-25)40(22-26-12-13-28(37)20-32(26)38)34(42)23-41(29-11-7-10-27(36)19-29)47(44,45)31-16-14-30(46-3)15-17-31/h4-17,19-20,24,33H,18,21-23H2,1-3H3,(H,39,43)/t33-/m0/s1. The van der Waals surface area contributed by atoms with Gasteiger partial charge in [0.15, 0.2) is 0 Å². The minimum absolute atomic E-state index is 0.0612.